The van der Waals surface area contributed by atoms with Crippen LogP contribution in [0.15, 0.2) is 53.1 Å². The molecule has 29 heavy (non-hydrogen) atoms. The molecule has 2 aliphatic heterocycles. The molecule has 2 aromatic carbocycles. The Kier molecular flexibility index (Phi) is 5.17. The molecule has 2 aliphatic rings. The first kappa shape index (κ1) is 18.9. The molecule has 3 aromatic rings. The van der Waals surface area contributed by atoms with Gasteiger partial charge in [0.2, 0.25) is 0 Å². The number of hydrogen-bond donors (Lipinski definition) is 0. The molecule has 4 heteroatoms. The van der Waals surface area contributed by atoms with E-state index in [9.17, 15) is 0 Å². The van der Waals surface area contributed by atoms with E-state index in [2.05, 4.69) is 60.2 Å². The number of fused-ring (bicyclic) bond motifs is 2. The highest BCUT2D eigenvalue weighted by molar-refractivity contribution is 5.78. The predicted molar refractivity (Wildman–Crippen MR) is 116 cm³/mol. The SMILES string of the molecule is CC(Cc1ccc2c(c1)CN(C)CC2c1ccc2ccoc2c1)N1CCOCC1. The van der Waals surface area contributed by atoms with Gasteiger partial charge in [0.25, 0.3) is 0 Å². The number of rotatable bonds is 4. The Bertz CT molecular complexity index is 989. The normalized spacial score (nSPS) is 21.9. The first-order chi connectivity index (χ1) is 14.2. The van der Waals surface area contributed by atoms with Gasteiger partial charge in [-0.05, 0) is 54.8 Å². The van der Waals surface area contributed by atoms with Crippen LogP contribution >= 0.6 is 0 Å². The van der Waals surface area contributed by atoms with Crippen LogP contribution < -0.4 is 0 Å². The highest BCUT2D eigenvalue weighted by Crippen LogP contribution is 2.35. The molecule has 0 bridgehead atoms. The Labute approximate surface area is 173 Å². The molecule has 1 aromatic heterocycles. The van der Waals surface area contributed by atoms with Crippen LogP contribution in [0.5, 0.6) is 0 Å². The van der Waals surface area contributed by atoms with Gasteiger partial charge in [0, 0.05) is 43.5 Å². The molecule has 0 aliphatic carbocycles. The molecule has 5 rings (SSSR count). The van der Waals surface area contributed by atoms with Gasteiger partial charge in [-0.3, -0.25) is 4.90 Å². The van der Waals surface area contributed by atoms with Gasteiger partial charge in [-0.25, -0.2) is 0 Å². The van der Waals surface area contributed by atoms with E-state index < -0.39 is 0 Å². The predicted octanol–water partition coefficient (Wildman–Crippen LogP) is 4.27. The minimum Gasteiger partial charge on any atom is -0.464 e. The quantitative estimate of drug-likeness (QED) is 0.665. The average molecular weight is 391 g/mol. The number of ether oxygens (including phenoxy) is 1. The van der Waals surface area contributed by atoms with E-state index in [-0.39, 0.29) is 0 Å². The zero-order valence-electron chi connectivity index (χ0n) is 17.4. The summed E-state index contributed by atoms with van der Waals surface area (Å²) >= 11 is 0. The molecule has 3 heterocycles. The molecular formula is C25H30N2O2. The number of hydrogen-bond acceptors (Lipinski definition) is 4. The number of benzene rings is 2. The van der Waals surface area contributed by atoms with Crippen molar-refractivity contribution in [1.82, 2.24) is 9.80 Å². The van der Waals surface area contributed by atoms with Gasteiger partial charge in [-0.15, -0.1) is 0 Å². The van der Waals surface area contributed by atoms with E-state index in [1.165, 1.54) is 27.6 Å². The van der Waals surface area contributed by atoms with Crippen molar-refractivity contribution in [2.24, 2.45) is 0 Å². The number of likely N-dealkylation sites (N-methyl/N-ethyl adjacent to an activating group) is 1. The topological polar surface area (TPSA) is 28.9 Å². The van der Waals surface area contributed by atoms with Gasteiger partial charge in [0.15, 0.2) is 0 Å². The average Bonchev–Trinajstić information content (AvgIpc) is 3.21. The zero-order chi connectivity index (χ0) is 19.8. The summed E-state index contributed by atoms with van der Waals surface area (Å²) in [5, 5.41) is 1.17. The van der Waals surface area contributed by atoms with Crippen molar-refractivity contribution in [1.29, 1.82) is 0 Å². The van der Waals surface area contributed by atoms with Crippen LogP contribution in [0.4, 0.5) is 0 Å². The van der Waals surface area contributed by atoms with Crippen LogP contribution in [0, 0.1) is 0 Å². The van der Waals surface area contributed by atoms with Crippen LogP contribution in [0.3, 0.4) is 0 Å². The van der Waals surface area contributed by atoms with Crippen LogP contribution in [0.1, 0.15) is 35.1 Å². The molecule has 0 spiro atoms. The molecule has 0 amide bonds. The Hall–Kier alpha value is -2.14. The van der Waals surface area contributed by atoms with E-state index in [0.29, 0.717) is 12.0 Å². The van der Waals surface area contributed by atoms with Crippen molar-refractivity contribution in [2.45, 2.75) is 31.8 Å². The largest absolute Gasteiger partial charge is 0.464 e. The van der Waals surface area contributed by atoms with E-state index in [1.54, 1.807) is 6.26 Å². The molecular weight excluding hydrogens is 360 g/mol. The fourth-order valence-corrected chi connectivity index (χ4v) is 4.99. The van der Waals surface area contributed by atoms with Gasteiger partial charge in [0.05, 0.1) is 19.5 Å². The fraction of sp³-hybridized carbons (Fsp3) is 0.440. The molecule has 152 valence electrons. The van der Waals surface area contributed by atoms with Crippen molar-refractivity contribution in [3.63, 3.8) is 0 Å². The lowest BCUT2D eigenvalue weighted by Gasteiger charge is -2.34. The molecule has 1 saturated heterocycles. The maximum absolute atomic E-state index is 5.66. The molecule has 4 nitrogen and oxygen atoms in total. The second-order valence-electron chi connectivity index (χ2n) is 8.70. The lowest BCUT2D eigenvalue weighted by Crippen LogP contribution is -2.43. The summed E-state index contributed by atoms with van der Waals surface area (Å²) in [6, 6.07) is 16.4. The minimum absolute atomic E-state index is 0.393. The van der Waals surface area contributed by atoms with Crippen LogP contribution in [0.2, 0.25) is 0 Å². The summed E-state index contributed by atoms with van der Waals surface area (Å²) in [4.78, 5) is 4.99. The number of morpholine rings is 1. The van der Waals surface area contributed by atoms with Gasteiger partial charge < -0.3 is 14.1 Å². The van der Waals surface area contributed by atoms with Crippen molar-refractivity contribution in [3.8, 4) is 0 Å². The van der Waals surface area contributed by atoms with Crippen LogP contribution in [-0.2, 0) is 17.7 Å². The van der Waals surface area contributed by atoms with Crippen molar-refractivity contribution in [2.75, 3.05) is 39.9 Å². The van der Waals surface area contributed by atoms with E-state index in [0.717, 1.165) is 51.4 Å². The van der Waals surface area contributed by atoms with Crippen LogP contribution in [-0.4, -0.2) is 55.7 Å². The zero-order valence-corrected chi connectivity index (χ0v) is 17.4. The molecule has 2 unspecified atom stereocenters. The maximum atomic E-state index is 5.66. The Balaban J connectivity index is 1.41. The second kappa shape index (κ2) is 7.94. The van der Waals surface area contributed by atoms with Gasteiger partial charge >= 0.3 is 0 Å². The molecule has 1 fully saturated rings. The second-order valence-corrected chi connectivity index (χ2v) is 8.70. The first-order valence-corrected chi connectivity index (χ1v) is 10.8. The monoisotopic (exact) mass is 390 g/mol. The Morgan fingerprint density at radius 3 is 2.79 bits per heavy atom. The summed E-state index contributed by atoms with van der Waals surface area (Å²) in [6.45, 7) is 8.23. The summed E-state index contributed by atoms with van der Waals surface area (Å²) in [6.07, 6.45) is 2.87. The summed E-state index contributed by atoms with van der Waals surface area (Å²) in [5.74, 6) is 0.393. The van der Waals surface area contributed by atoms with Gasteiger partial charge in [-0.2, -0.15) is 0 Å². The van der Waals surface area contributed by atoms with Crippen molar-refractivity contribution in [3.05, 3.63) is 71.0 Å². The lowest BCUT2D eigenvalue weighted by atomic mass is 9.83. The third kappa shape index (κ3) is 3.85. The van der Waals surface area contributed by atoms with E-state index in [4.69, 9.17) is 9.15 Å². The highest BCUT2D eigenvalue weighted by atomic mass is 16.5. The number of furan rings is 1. The lowest BCUT2D eigenvalue weighted by molar-refractivity contribution is 0.0203. The number of nitrogens with zero attached hydrogens (tertiary/aromatic N) is 2. The summed E-state index contributed by atoms with van der Waals surface area (Å²) in [5.41, 5.74) is 6.70. The van der Waals surface area contributed by atoms with Gasteiger partial charge in [-0.1, -0.05) is 30.3 Å². The fourth-order valence-electron chi connectivity index (χ4n) is 4.99. The first-order valence-electron chi connectivity index (χ1n) is 10.8. The van der Waals surface area contributed by atoms with Crippen LogP contribution in [0.25, 0.3) is 11.0 Å². The van der Waals surface area contributed by atoms with E-state index in [1.807, 2.05) is 6.07 Å². The van der Waals surface area contributed by atoms with E-state index >= 15 is 0 Å². The van der Waals surface area contributed by atoms with Crippen molar-refractivity contribution >= 4 is 11.0 Å². The van der Waals surface area contributed by atoms with Crippen molar-refractivity contribution < 1.29 is 9.15 Å². The Morgan fingerprint density at radius 2 is 1.93 bits per heavy atom. The molecule has 0 radical (unpaired) electrons. The van der Waals surface area contributed by atoms with Gasteiger partial charge in [0.1, 0.15) is 5.58 Å². The molecule has 0 saturated carbocycles. The summed E-state index contributed by atoms with van der Waals surface area (Å²) < 4.78 is 11.2. The summed E-state index contributed by atoms with van der Waals surface area (Å²) in [7, 11) is 2.23. The third-order valence-corrected chi connectivity index (χ3v) is 6.60. The maximum Gasteiger partial charge on any atom is 0.134 e. The highest BCUT2D eigenvalue weighted by Gasteiger charge is 2.26. The Morgan fingerprint density at radius 1 is 1.07 bits per heavy atom. The minimum atomic E-state index is 0.393. The molecule has 2 atom stereocenters. The third-order valence-electron chi connectivity index (χ3n) is 6.60. The smallest absolute Gasteiger partial charge is 0.134 e. The molecule has 0 N–H and O–H groups in total. The standard InChI is InChI=1S/C25H30N2O2/c1-18(27-8-11-28-12-9-27)13-19-3-6-23-22(14-19)16-26(2)17-24(23)21-5-4-20-7-10-29-25(20)15-21/h3-7,10,14-15,18,24H,8-9,11-13,16-17H2,1-2H3.